The van der Waals surface area contributed by atoms with Gasteiger partial charge in [0, 0.05) is 74.0 Å². The van der Waals surface area contributed by atoms with E-state index in [2.05, 4.69) is 0 Å². The molecule has 0 radical (unpaired) electrons. The van der Waals surface area contributed by atoms with Gasteiger partial charge in [-0.1, -0.05) is 219 Å². The molecule has 0 spiro atoms. The highest BCUT2D eigenvalue weighted by molar-refractivity contribution is 5.48. The Kier molecular flexibility index (Phi) is 8.82. The molecule has 9 rings (SSSR count). The summed E-state index contributed by atoms with van der Waals surface area (Å²) in [6, 6.07) is 10.9. The Labute approximate surface area is 595 Å². The largest absolute Gasteiger partial charge is 0.0628 e. The van der Waals surface area contributed by atoms with Gasteiger partial charge >= 0.3 is 0 Å². The van der Waals surface area contributed by atoms with Crippen LogP contribution in [-0.4, -0.2) is 0 Å². The molecule has 9 aromatic carbocycles. The molecule has 0 aliphatic rings. The molecule has 0 heterocycles. The van der Waals surface area contributed by atoms with Gasteiger partial charge in [-0.15, -0.1) is 0 Å². The molecule has 81 heavy (non-hydrogen) atoms. The fourth-order valence-corrected chi connectivity index (χ4v) is 5.22. The van der Waals surface area contributed by atoms with Crippen molar-refractivity contribution in [3.63, 3.8) is 0 Å². The van der Waals surface area contributed by atoms with Gasteiger partial charge in [-0.3, -0.25) is 0 Å². The summed E-state index contributed by atoms with van der Waals surface area (Å²) in [6.07, 6.45) is 0. The predicted octanol–water partition coefficient (Wildman–Crippen LogP) is 23.5. The van der Waals surface area contributed by atoms with E-state index < -0.39 is 239 Å². The van der Waals surface area contributed by atoms with Crippen molar-refractivity contribution in [3.8, 4) is 0 Å². The third-order valence-corrected chi connectivity index (χ3v) is 10.1. The van der Waals surface area contributed by atoms with Crippen molar-refractivity contribution in [3.05, 3.63) is 314 Å². The molecular weight excluding hydrogens is 973 g/mol. The third kappa shape index (κ3) is 28.3. The fraction of sp³-hybridized carbons (Fsp3) is 0.333. The summed E-state index contributed by atoms with van der Waals surface area (Å²) < 4.78 is 509. The standard InChI is InChI=1S/C12H18.C10H14.3C9H12.4C8H10/c1-7-8(2)10(4)12(6)11(5)9(7)3;1-7-5-8(2)10(4)9(3)6-7;1-7-4-8(2)6-9(3)5-7;2*1-7-5-4-6-8(2)9(7)3;2*1-7-3-5-8(2)6-4-7;1-7-4-3-5-8(2)6-7;1-7-5-3-4-6-8(7)2/h1-6H3;5-6H,1-4H3;3*4-6H,1-3H3;4*3-6H,1-2H3/i1D3,2D3,3D3,4D3,5D3;1D3,2D3,3D3;1D3,2D3;1D3,2D3,4D,5D,6D;1D3,2D3;1D3,3D,4D,5D,6D;1D3;2*1D3,3D,4D,5D,6D. The molecule has 0 N–H and O–H groups in total. The van der Waals surface area contributed by atoms with E-state index in [0.717, 1.165) is 24.6 Å². The van der Waals surface area contributed by atoms with Crippen molar-refractivity contribution in [2.24, 2.45) is 0 Å². The zero-order chi connectivity index (χ0) is 120. The van der Waals surface area contributed by atoms with Gasteiger partial charge in [-0.05, 0) is 280 Å². The molecule has 0 saturated carbocycles. The third-order valence-electron chi connectivity index (χ3n) is 10.1. The molecular formula is C81H108. The Hall–Kier alpha value is -7.02. The van der Waals surface area contributed by atoms with Crippen LogP contribution < -0.4 is 0 Å². The minimum Gasteiger partial charge on any atom is -0.0620 e. The molecule has 0 atom stereocenters. The van der Waals surface area contributed by atoms with Crippen molar-refractivity contribution in [1.29, 1.82) is 0 Å². The Morgan fingerprint density at radius 2 is 0.580 bits per heavy atom. The van der Waals surface area contributed by atoms with Crippen LogP contribution in [0, 0.1) is 186 Å². The molecule has 0 heteroatoms. The van der Waals surface area contributed by atoms with Crippen molar-refractivity contribution in [2.75, 3.05) is 0 Å². The lowest BCUT2D eigenvalue weighted by Gasteiger charge is -2.15. The highest BCUT2D eigenvalue weighted by Gasteiger charge is 2.08. The fourth-order valence-electron chi connectivity index (χ4n) is 5.22. The number of benzene rings is 9. The average molecular weight is 1150 g/mol. The lowest BCUT2D eigenvalue weighted by molar-refractivity contribution is 1.13. The van der Waals surface area contributed by atoms with Gasteiger partial charge in [0.1, 0.15) is 0 Å². The van der Waals surface area contributed by atoms with Crippen LogP contribution in [0.3, 0.4) is 0 Å². The van der Waals surface area contributed by atoms with Crippen LogP contribution in [0.25, 0.3) is 0 Å². The van der Waals surface area contributed by atoms with E-state index in [4.69, 9.17) is 94.6 Å². The van der Waals surface area contributed by atoms with E-state index in [9.17, 15) is 0 Å². The summed E-state index contributed by atoms with van der Waals surface area (Å²) in [6.45, 7) is -35.0. The zero-order valence-electron chi connectivity index (χ0n) is 115. The van der Waals surface area contributed by atoms with Gasteiger partial charge in [0.15, 0.2) is 0 Å². The maximum atomic E-state index is 7.65. The average Bonchev–Trinajstić information content (AvgIpc) is 0.703. The summed E-state index contributed by atoms with van der Waals surface area (Å²) in [5.41, 5.74) is -5.81. The van der Waals surface area contributed by atoms with Gasteiger partial charge < -0.3 is 0 Å². The Bertz CT molecular complexity index is 5730. The summed E-state index contributed by atoms with van der Waals surface area (Å²) >= 11 is 0. The maximum Gasteiger partial charge on any atom is 0.0628 e. The summed E-state index contributed by atoms with van der Waals surface area (Å²) in [5.74, 6) is 0. The Balaban J connectivity index is 0.000000852. The molecule has 432 valence electrons. The first kappa shape index (κ1) is 19.3. The maximum absolute atomic E-state index is 7.65. The first-order valence-electron chi connectivity index (χ1n) is 58.0. The van der Waals surface area contributed by atoms with Crippen LogP contribution in [0.2, 0.25) is 0 Å². The quantitative estimate of drug-likeness (QED) is 0.142. The predicted molar refractivity (Wildman–Crippen MR) is 366 cm³/mol. The molecule has 0 bridgehead atoms. The smallest absolute Gasteiger partial charge is 0.0620 e. The SMILES string of the molecule is [2H]C([2H])([2H])c1c(C)c(C([2H])([2H])[2H])c(C([2H])([2H])[2H])c(C([2H])([2H])[2H])c1C([2H])([2H])[2H].[2H]C([2H])([2H])c1cc(C([2H])([2H])[2H])c(C)c(C([2H])([2H])[2H])c1.[2H]C([2H])([2H])c1cc(C)cc(C([2H])([2H])[2H])c1.[2H]C([2H])([2H])c1ccc(C)cc1.[2H]C([2H])([2H])c1cccc(C([2H])([2H])[2H])c1C.[2H]c1c([2H])c(C([2H])([2H])[2H])c(C)c(C([2H])([2H])[2H])c1[2H].[2H]c1c([2H])c(C([2H])([2H])[2H])c([2H])c([2H])c1C.[2H]c1c([2H])c(C)c([2H])c(C([2H])([2H])[2H])c1[2H].[2H]c1c([2H])c([2H])c(C([2H])([2H])[2H])c(C)c1[2H]. The second-order valence-corrected chi connectivity index (χ2v) is 16.9. The highest BCUT2D eigenvalue weighted by atomic mass is 14.1. The van der Waals surface area contributed by atoms with E-state index in [1.165, 1.54) is 77.9 Å². The van der Waals surface area contributed by atoms with Crippen LogP contribution in [0.4, 0.5) is 0 Å². The van der Waals surface area contributed by atoms with E-state index in [0.29, 0.717) is 16.7 Å². The van der Waals surface area contributed by atoms with Crippen LogP contribution in [-0.2, 0) is 0 Å². The first-order chi connectivity index (χ1) is 65.9. The molecule has 9 aromatic rings. The highest BCUT2D eigenvalue weighted by Crippen LogP contribution is 2.25. The lowest BCUT2D eigenvalue weighted by atomic mass is 9.90. The van der Waals surface area contributed by atoms with Crippen LogP contribution in [0.5, 0.6) is 0 Å². The summed E-state index contributed by atoms with van der Waals surface area (Å²) in [4.78, 5) is 0. The molecule has 0 unspecified atom stereocenters. The lowest BCUT2D eigenvalue weighted by Crippen LogP contribution is -1.98. The van der Waals surface area contributed by atoms with Gasteiger partial charge in [-0.25, -0.2) is 0 Å². The van der Waals surface area contributed by atoms with Gasteiger partial charge in [0.25, 0.3) is 0 Å². The van der Waals surface area contributed by atoms with E-state index in [-0.39, 0.29) is 103 Å². The van der Waals surface area contributed by atoms with Crippen LogP contribution >= 0.6 is 0 Å². The zero-order valence-corrected chi connectivity index (χ0v) is 45.9. The van der Waals surface area contributed by atoms with Crippen molar-refractivity contribution >= 4 is 0 Å². The minimum absolute atomic E-state index is 0.0774. The second kappa shape index (κ2) is 37.1. The molecule has 0 aromatic heterocycles. The monoisotopic (exact) mass is 1150 g/mol. The summed E-state index contributed by atoms with van der Waals surface area (Å²) in [5, 5.41) is 0. The summed E-state index contributed by atoms with van der Waals surface area (Å²) in [7, 11) is 0. The first-order valence-corrected chi connectivity index (χ1v) is 23.5. The van der Waals surface area contributed by atoms with E-state index in [1.54, 1.807) is 19.1 Å². The van der Waals surface area contributed by atoms with Crippen molar-refractivity contribution < 1.29 is 94.6 Å². The van der Waals surface area contributed by atoms with Crippen molar-refractivity contribution in [2.45, 2.75) is 186 Å². The molecule has 0 saturated heterocycles. The molecule has 0 amide bonds. The van der Waals surface area contributed by atoms with Gasteiger partial charge in [0.2, 0.25) is 0 Å². The molecule has 0 nitrogen and oxygen atoms in total. The van der Waals surface area contributed by atoms with Crippen LogP contribution in [0.15, 0.2) is 163 Å². The van der Waals surface area contributed by atoms with Crippen molar-refractivity contribution in [1.82, 2.24) is 0 Å². The number of rotatable bonds is 0. The number of aryl methyl sites for hydroxylation is 10. The van der Waals surface area contributed by atoms with E-state index >= 15 is 0 Å². The second-order valence-electron chi connectivity index (χ2n) is 16.9. The van der Waals surface area contributed by atoms with Gasteiger partial charge in [0.05, 0.1) is 20.6 Å². The van der Waals surface area contributed by atoms with Gasteiger partial charge in [-0.2, -0.15) is 0 Å². The Morgan fingerprint density at radius 3 is 1.05 bits per heavy atom. The minimum atomic E-state index is -3.37. The van der Waals surface area contributed by atoms with Crippen LogP contribution in [0.1, 0.15) is 245 Å². The topological polar surface area (TPSA) is 0 Å². The molecule has 0 aliphatic carbocycles. The number of hydrogen-bond donors (Lipinski definition) is 0. The number of hydrogen-bond acceptors (Lipinski definition) is 0. The molecule has 0 fully saturated rings. The Morgan fingerprint density at radius 1 is 0.210 bits per heavy atom. The van der Waals surface area contributed by atoms with E-state index in [1.807, 2.05) is 19.1 Å². The molecule has 0 aliphatic heterocycles. The normalized spacial score (nSPS) is 24.9.